The minimum atomic E-state index is -0.377. The summed E-state index contributed by atoms with van der Waals surface area (Å²) in [6.45, 7) is 7.45. The van der Waals surface area contributed by atoms with E-state index >= 15 is 0 Å². The van der Waals surface area contributed by atoms with E-state index in [0.717, 1.165) is 75.8 Å². The van der Waals surface area contributed by atoms with Gasteiger partial charge in [-0.25, -0.2) is 0 Å². The van der Waals surface area contributed by atoms with Gasteiger partial charge in [0.1, 0.15) is 11.7 Å². The van der Waals surface area contributed by atoms with Gasteiger partial charge in [0.05, 0.1) is 7.11 Å². The van der Waals surface area contributed by atoms with Crippen LogP contribution >= 0.6 is 0 Å². The summed E-state index contributed by atoms with van der Waals surface area (Å²) in [5.74, 6) is 3.23. The van der Waals surface area contributed by atoms with Crippen molar-refractivity contribution in [3.05, 3.63) is 53.1 Å². The molecule has 3 aliphatic heterocycles. The predicted octanol–water partition coefficient (Wildman–Crippen LogP) is 4.76. The molecule has 4 bridgehead atoms. The van der Waals surface area contributed by atoms with Gasteiger partial charge in [-0.05, 0) is 86.7 Å². The number of hydrogen-bond acceptors (Lipinski definition) is 6. The second kappa shape index (κ2) is 9.13. The largest absolute Gasteiger partial charge is 0.493 e. The molecule has 0 unspecified atom stereocenters. The first-order chi connectivity index (χ1) is 20.9. The zero-order valence-corrected chi connectivity index (χ0v) is 25.9. The van der Waals surface area contributed by atoms with Gasteiger partial charge < -0.3 is 24.0 Å². The summed E-state index contributed by atoms with van der Waals surface area (Å²) >= 11 is 0. The first-order valence-electron chi connectivity index (χ1n) is 16.7. The van der Waals surface area contributed by atoms with Gasteiger partial charge in [-0.2, -0.15) is 0 Å². The van der Waals surface area contributed by atoms with E-state index in [9.17, 15) is 4.79 Å². The first kappa shape index (κ1) is 26.6. The van der Waals surface area contributed by atoms with Crippen molar-refractivity contribution >= 4 is 11.6 Å². The molecule has 8 aliphatic rings. The van der Waals surface area contributed by atoms with Gasteiger partial charge in [0.15, 0.2) is 11.5 Å². The average Bonchev–Trinajstić information content (AvgIpc) is 3.79. The van der Waals surface area contributed by atoms with E-state index in [1.54, 1.807) is 14.0 Å². The number of hydrogen-bond donors (Lipinski definition) is 0. The number of amides is 1. The van der Waals surface area contributed by atoms with Crippen LogP contribution in [0, 0.1) is 11.3 Å². The van der Waals surface area contributed by atoms with Crippen LogP contribution in [-0.2, 0) is 21.4 Å². The number of nitrogens with zero attached hydrogens (tertiary/aromatic N) is 3. The van der Waals surface area contributed by atoms with Crippen LogP contribution in [0.2, 0.25) is 0 Å². The molecule has 5 aliphatic carbocycles. The highest BCUT2D eigenvalue weighted by Gasteiger charge is 2.80. The van der Waals surface area contributed by atoms with Crippen LogP contribution < -0.4 is 14.4 Å². The van der Waals surface area contributed by atoms with E-state index in [0.29, 0.717) is 6.04 Å². The van der Waals surface area contributed by atoms with E-state index in [4.69, 9.17) is 14.2 Å². The normalized spacial score (nSPS) is 37.2. The molecular weight excluding hydrogens is 538 g/mol. The first-order valence-corrected chi connectivity index (χ1v) is 16.7. The van der Waals surface area contributed by atoms with Crippen LogP contribution in [0.3, 0.4) is 0 Å². The smallest absolute Gasteiger partial charge is 0.219 e. The van der Waals surface area contributed by atoms with Crippen LogP contribution in [0.4, 0.5) is 5.69 Å². The van der Waals surface area contributed by atoms with Crippen molar-refractivity contribution in [2.24, 2.45) is 11.3 Å². The minimum absolute atomic E-state index is 0.00670. The fourth-order valence-corrected chi connectivity index (χ4v) is 11.1. The number of fused-ring (bicyclic) bond motifs is 2. The molecule has 4 saturated carbocycles. The molecule has 2 saturated heterocycles. The van der Waals surface area contributed by atoms with E-state index in [1.807, 2.05) is 12.0 Å². The summed E-state index contributed by atoms with van der Waals surface area (Å²) in [5.41, 5.74) is 5.36. The van der Waals surface area contributed by atoms with Crippen LogP contribution in [0.5, 0.6) is 11.5 Å². The molecule has 6 fully saturated rings. The molecule has 0 radical (unpaired) electrons. The molecular formula is C36H45N3O4. The maximum atomic E-state index is 11.8. The summed E-state index contributed by atoms with van der Waals surface area (Å²) in [4.78, 5) is 19.1. The van der Waals surface area contributed by atoms with Crippen molar-refractivity contribution in [1.29, 1.82) is 0 Å². The van der Waals surface area contributed by atoms with Crippen LogP contribution in [0.25, 0.3) is 0 Å². The Kier molecular flexibility index (Phi) is 5.65. The molecule has 3 heterocycles. The van der Waals surface area contributed by atoms with Gasteiger partial charge in [-0.1, -0.05) is 18.2 Å². The van der Waals surface area contributed by atoms with Gasteiger partial charge in [0, 0.05) is 80.8 Å². The van der Waals surface area contributed by atoms with Crippen LogP contribution in [-0.4, -0.2) is 86.9 Å². The van der Waals surface area contributed by atoms with E-state index < -0.39 is 0 Å². The van der Waals surface area contributed by atoms with Crippen LogP contribution in [0.1, 0.15) is 68.1 Å². The van der Waals surface area contributed by atoms with Crippen LogP contribution in [0.15, 0.2) is 36.4 Å². The van der Waals surface area contributed by atoms with Crippen molar-refractivity contribution in [2.75, 3.05) is 58.4 Å². The molecule has 2 aromatic rings. The Bertz CT molecular complexity index is 1470. The lowest BCUT2D eigenvalue weighted by atomic mass is 9.34. The number of anilines is 1. The number of ether oxygens (including phenoxy) is 3. The quantitative estimate of drug-likeness (QED) is 0.489. The molecule has 0 aromatic heterocycles. The maximum Gasteiger partial charge on any atom is 0.219 e. The highest BCUT2D eigenvalue weighted by atomic mass is 16.6. The monoisotopic (exact) mass is 583 g/mol. The summed E-state index contributed by atoms with van der Waals surface area (Å²) < 4.78 is 20.0. The molecule has 1 amide bonds. The topological polar surface area (TPSA) is 54.5 Å². The Labute approximate surface area is 255 Å². The molecule has 228 valence electrons. The summed E-state index contributed by atoms with van der Waals surface area (Å²) in [7, 11) is 3.73. The highest BCUT2D eigenvalue weighted by molar-refractivity contribution is 5.73. The third-order valence-corrected chi connectivity index (χ3v) is 13.3. The number of carbonyl (C=O) groups excluding carboxylic acids is 1. The van der Waals surface area contributed by atoms with Crippen molar-refractivity contribution in [3.63, 3.8) is 0 Å². The molecule has 6 atom stereocenters. The number of likely N-dealkylation sites (tertiary alicyclic amines) is 1. The second-order valence-electron chi connectivity index (χ2n) is 14.7. The van der Waals surface area contributed by atoms with Gasteiger partial charge in [-0.3, -0.25) is 9.69 Å². The molecule has 2 aromatic carbocycles. The second-order valence-corrected chi connectivity index (χ2v) is 14.7. The predicted molar refractivity (Wildman–Crippen MR) is 165 cm³/mol. The molecule has 0 N–H and O–H groups in total. The summed E-state index contributed by atoms with van der Waals surface area (Å²) in [6.07, 6.45) is 8.46. The lowest BCUT2D eigenvalue weighted by Crippen LogP contribution is -2.80. The average molecular weight is 584 g/mol. The SMILES string of the molecule is COc1ccc2c3c1O[C@H]1[C@@]4(OC)CC[C@@]5(C[C@@H]4c4ccc(N6CCN(C(C)=O)CC6)cc4)[C@@H](C2)N(CC2CC2)CC[C@]315. The third-order valence-electron chi connectivity index (χ3n) is 13.3. The number of piperazine rings is 1. The summed E-state index contributed by atoms with van der Waals surface area (Å²) in [6, 6.07) is 14.4. The van der Waals surface area contributed by atoms with Gasteiger partial charge >= 0.3 is 0 Å². The molecule has 43 heavy (non-hydrogen) atoms. The van der Waals surface area contributed by atoms with Crippen molar-refractivity contribution in [1.82, 2.24) is 9.80 Å². The summed E-state index contributed by atoms with van der Waals surface area (Å²) in [5, 5.41) is 0. The van der Waals surface area contributed by atoms with Crippen molar-refractivity contribution in [2.45, 2.75) is 80.9 Å². The van der Waals surface area contributed by atoms with Crippen molar-refractivity contribution < 1.29 is 19.0 Å². The Morgan fingerprint density at radius 1 is 0.977 bits per heavy atom. The molecule has 10 rings (SSSR count). The van der Waals surface area contributed by atoms with Gasteiger partial charge in [0.2, 0.25) is 5.91 Å². The lowest BCUT2D eigenvalue weighted by molar-refractivity contribution is -0.261. The Morgan fingerprint density at radius 2 is 1.77 bits per heavy atom. The standard InChI is InChI=1S/C36H45N3O4/c1-23(40)37-16-18-38(19-17-37)27-9-6-25(7-10-27)28-21-34-12-13-36(28,42-3)33-35(34)14-15-39(22-24-4-5-24)30(34)20-26-8-11-29(41-2)32(43-33)31(26)35/h6-11,24,28,30,33H,4-5,12-22H2,1-3H3/t28-,30-,33-,34-,35+,36-/m1/s1. The highest BCUT2D eigenvalue weighted by Crippen LogP contribution is 2.78. The minimum Gasteiger partial charge on any atom is -0.493 e. The molecule has 2 spiro atoms. The van der Waals surface area contributed by atoms with E-state index in [1.165, 1.54) is 48.2 Å². The molecule has 7 nitrogen and oxygen atoms in total. The fraction of sp³-hybridized carbons (Fsp3) is 0.639. The third kappa shape index (κ3) is 3.36. The number of carbonyl (C=O) groups is 1. The molecule has 7 heteroatoms. The van der Waals surface area contributed by atoms with E-state index in [2.05, 4.69) is 46.2 Å². The van der Waals surface area contributed by atoms with Gasteiger partial charge in [0.25, 0.3) is 0 Å². The maximum absolute atomic E-state index is 11.8. The van der Waals surface area contributed by atoms with E-state index in [-0.39, 0.29) is 34.4 Å². The number of methoxy groups -OCH3 is 2. The lowest BCUT2D eigenvalue weighted by Gasteiger charge is -2.74. The number of piperidine rings is 1. The Morgan fingerprint density at radius 3 is 2.47 bits per heavy atom. The Balaban J connectivity index is 1.12. The van der Waals surface area contributed by atoms with Crippen molar-refractivity contribution in [3.8, 4) is 11.5 Å². The van der Waals surface area contributed by atoms with Gasteiger partial charge in [-0.15, -0.1) is 0 Å². The number of benzene rings is 2. The Hall–Kier alpha value is -2.77. The zero-order chi connectivity index (χ0) is 29.1. The number of rotatable bonds is 6. The fourth-order valence-electron chi connectivity index (χ4n) is 11.1. The zero-order valence-electron chi connectivity index (χ0n) is 25.9.